The van der Waals surface area contributed by atoms with Crippen LogP contribution < -0.4 is 59.1 Å². The Hall–Kier alpha value is -9.92. The molecule has 4 aromatic carbocycles. The van der Waals surface area contributed by atoms with Crippen LogP contribution in [0.5, 0.6) is 0 Å². The minimum atomic E-state index is -4.03. The minimum Gasteiger partial charge on any atom is -0.480 e. The summed E-state index contributed by atoms with van der Waals surface area (Å²) in [4.78, 5) is 120. The first-order valence-corrected chi connectivity index (χ1v) is 45.4. The Morgan fingerprint density at radius 1 is 0.360 bits per heavy atom. The van der Waals surface area contributed by atoms with Crippen molar-refractivity contribution in [2.75, 3.05) is 38.7 Å². The van der Waals surface area contributed by atoms with Crippen molar-refractivity contribution in [1.82, 2.24) is 57.8 Å². The first-order valence-electron chi connectivity index (χ1n) is 41.7. The van der Waals surface area contributed by atoms with Crippen molar-refractivity contribution in [2.24, 2.45) is 5.73 Å². The van der Waals surface area contributed by atoms with Crippen LogP contribution in [0.2, 0.25) is 0 Å². The Labute approximate surface area is 741 Å². The third kappa shape index (κ3) is 65.4. The number of carbonyl (C=O) groups excluding carboxylic acids is 9. The summed E-state index contributed by atoms with van der Waals surface area (Å²) in [5.41, 5.74) is 8.55. The SMILES string of the molecule is CC(C)(C)OC(=O)NCCCC(NC(=O)OC(C)(C)C)C(=O)O.CC(Cc1ccccc1)NC(=O)C(CCCNC(=O)OC(C)(C)C)NC(=O)OC(C)(C)C.CC(Cc1ccccc1)NC(=O)C(CCCNC(=O)OC(C)(C)C)NC(=O)OC(C)(C)C.CC(Cc1ccccc1)NC(=O)C(CCCNOS(C)(=O)=O)N(O)S(C)(=O)=O.CC(N)Cc1ccccc1. The average Bonchev–Trinajstić information content (AvgIpc) is 0.842. The van der Waals surface area contributed by atoms with E-state index in [4.69, 9.17) is 39.3 Å². The number of sulfonamides is 1. The summed E-state index contributed by atoms with van der Waals surface area (Å²) in [6.45, 7) is 40.1. The molecular weight excluding hydrogens is 1660 g/mol. The number of nitrogens with two attached hydrogens (primary N) is 1. The van der Waals surface area contributed by atoms with Crippen LogP contribution in [0.4, 0.5) is 28.8 Å². The van der Waals surface area contributed by atoms with Crippen molar-refractivity contribution < 1.29 is 108 Å². The molecule has 0 aliphatic carbocycles. The zero-order valence-electron chi connectivity index (χ0n) is 77.8. The lowest BCUT2D eigenvalue weighted by Gasteiger charge is -2.25. The average molecular weight is 1800 g/mol. The summed E-state index contributed by atoms with van der Waals surface area (Å²) in [6, 6.07) is 35.2. The highest BCUT2D eigenvalue weighted by Gasteiger charge is 2.33. The number of ether oxygens (including phenoxy) is 6. The van der Waals surface area contributed by atoms with Crippen molar-refractivity contribution >= 4 is 80.4 Å². The van der Waals surface area contributed by atoms with Gasteiger partial charge in [-0.3, -0.25) is 19.6 Å². The predicted molar refractivity (Wildman–Crippen MR) is 480 cm³/mol. The highest BCUT2D eigenvalue weighted by molar-refractivity contribution is 7.88. The topological polar surface area (TPSA) is 494 Å². The summed E-state index contributed by atoms with van der Waals surface area (Å²) >= 11 is 0. The molecule has 0 spiro atoms. The molecule has 0 aliphatic rings. The van der Waals surface area contributed by atoms with Crippen LogP contribution >= 0.6 is 0 Å². The molecule has 125 heavy (non-hydrogen) atoms. The van der Waals surface area contributed by atoms with Gasteiger partial charge < -0.3 is 87.1 Å². The van der Waals surface area contributed by atoms with Crippen LogP contribution in [-0.4, -0.2) is 212 Å². The number of carbonyl (C=O) groups is 10. The first-order chi connectivity index (χ1) is 57.5. The molecule has 9 amide bonds. The summed E-state index contributed by atoms with van der Waals surface area (Å²) in [5, 5.41) is 43.1. The number of alkyl carbamates (subject to hydrolysis) is 6. The van der Waals surface area contributed by atoms with Crippen molar-refractivity contribution in [3.63, 3.8) is 0 Å². The summed E-state index contributed by atoms with van der Waals surface area (Å²) in [5.74, 6) is -2.40. The number of amides is 9. The van der Waals surface area contributed by atoms with Crippen molar-refractivity contribution in [3.8, 4) is 0 Å². The quantitative estimate of drug-likeness (QED) is 0.0113. The third-order valence-electron chi connectivity index (χ3n) is 15.6. The molecule has 35 nitrogen and oxygen atoms in total. The van der Waals surface area contributed by atoms with Crippen LogP contribution in [0, 0.1) is 0 Å². The van der Waals surface area contributed by atoms with E-state index in [-0.39, 0.29) is 72.8 Å². The fraction of sp³-hybridized carbons (Fsp3) is 0.614. The molecule has 0 saturated carbocycles. The molecule has 0 saturated heterocycles. The van der Waals surface area contributed by atoms with Crippen LogP contribution in [0.1, 0.15) is 226 Å². The smallest absolute Gasteiger partial charge is 0.408 e. The lowest BCUT2D eigenvalue weighted by atomic mass is 10.1. The van der Waals surface area contributed by atoms with Gasteiger partial charge in [-0.2, -0.15) is 18.2 Å². The Morgan fingerprint density at radius 3 is 0.864 bits per heavy atom. The highest BCUT2D eigenvalue weighted by atomic mass is 32.2. The second-order valence-electron chi connectivity index (χ2n) is 36.0. The molecule has 8 atom stereocenters. The second-order valence-corrected chi connectivity index (χ2v) is 39.4. The van der Waals surface area contributed by atoms with Gasteiger partial charge in [0.2, 0.25) is 27.7 Å². The van der Waals surface area contributed by atoms with E-state index in [2.05, 4.69) is 69.7 Å². The third-order valence-corrected chi connectivity index (χ3v) is 17.0. The molecule has 0 radical (unpaired) electrons. The van der Waals surface area contributed by atoms with Gasteiger partial charge in [0.1, 0.15) is 57.8 Å². The maximum absolute atomic E-state index is 12.9. The second kappa shape index (κ2) is 56.9. The maximum Gasteiger partial charge on any atom is 0.408 e. The molecule has 0 aliphatic heterocycles. The van der Waals surface area contributed by atoms with E-state index in [1.165, 1.54) is 5.56 Å². The molecule has 4 aromatic rings. The van der Waals surface area contributed by atoms with Gasteiger partial charge in [0.05, 0.1) is 12.5 Å². The molecule has 0 heterocycles. The van der Waals surface area contributed by atoms with E-state index in [1.807, 2.05) is 130 Å². The maximum atomic E-state index is 12.9. The number of benzene rings is 4. The van der Waals surface area contributed by atoms with E-state index < -0.39 is 126 Å². The van der Waals surface area contributed by atoms with E-state index in [1.54, 1.807) is 132 Å². The molecule has 0 aromatic heterocycles. The molecule has 0 bridgehead atoms. The monoisotopic (exact) mass is 1800 g/mol. The van der Waals surface area contributed by atoms with Gasteiger partial charge in [0.25, 0.3) is 10.1 Å². The number of rotatable bonds is 38. The van der Waals surface area contributed by atoms with Crippen LogP contribution in [0.3, 0.4) is 0 Å². The number of hydrogen-bond donors (Lipinski definition) is 13. The lowest BCUT2D eigenvalue weighted by Crippen LogP contribution is -2.50. The Morgan fingerprint density at radius 2 is 0.608 bits per heavy atom. The van der Waals surface area contributed by atoms with Crippen molar-refractivity contribution in [3.05, 3.63) is 144 Å². The Balaban J connectivity index is 0.00000159. The largest absolute Gasteiger partial charge is 0.480 e. The predicted octanol–water partition coefficient (Wildman–Crippen LogP) is 11.7. The zero-order valence-corrected chi connectivity index (χ0v) is 79.4. The van der Waals surface area contributed by atoms with Gasteiger partial charge >= 0.3 is 42.5 Å². The van der Waals surface area contributed by atoms with Gasteiger partial charge in [-0.1, -0.05) is 126 Å². The van der Waals surface area contributed by atoms with E-state index >= 15 is 0 Å². The number of aliphatic carboxylic acids is 1. The number of nitrogens with zero attached hydrogens (tertiary/aromatic N) is 1. The number of hydrogen-bond acceptors (Lipinski definition) is 24. The molecule has 0 fully saturated rings. The summed E-state index contributed by atoms with van der Waals surface area (Å²) in [6.07, 6.45) is 3.05. The number of nitrogens with one attached hydrogen (secondary N) is 10. The molecule has 4 rings (SSSR count). The molecular formula is C88H146N12O23S2. The van der Waals surface area contributed by atoms with Gasteiger partial charge in [0.15, 0.2) is 0 Å². The molecule has 14 N–H and O–H groups in total. The fourth-order valence-corrected chi connectivity index (χ4v) is 11.7. The minimum absolute atomic E-state index is 0.0228. The van der Waals surface area contributed by atoms with Crippen LogP contribution in [0.25, 0.3) is 0 Å². The Bertz CT molecular complexity index is 3950. The Kier molecular flexibility index (Phi) is 52.4. The molecule has 708 valence electrons. The van der Waals surface area contributed by atoms with Gasteiger partial charge in [-0.05, 0) is 252 Å². The first kappa shape index (κ1) is 115. The molecule has 8 unspecified atom stereocenters. The number of carboxylic acids is 1. The van der Waals surface area contributed by atoms with E-state index in [0.717, 1.165) is 35.6 Å². The van der Waals surface area contributed by atoms with Crippen molar-refractivity contribution in [2.45, 2.75) is 311 Å². The molecule has 37 heteroatoms. The summed E-state index contributed by atoms with van der Waals surface area (Å²) in [7, 11) is -7.70. The highest BCUT2D eigenvalue weighted by Crippen LogP contribution is 2.17. The fourth-order valence-electron chi connectivity index (χ4n) is 10.7. The van der Waals surface area contributed by atoms with Crippen LogP contribution in [-0.2, 0) is 97.7 Å². The zero-order chi connectivity index (χ0) is 95.8. The van der Waals surface area contributed by atoms with Gasteiger partial charge in [-0.15, -0.1) is 0 Å². The van der Waals surface area contributed by atoms with Gasteiger partial charge in [-0.25, -0.2) is 42.0 Å². The van der Waals surface area contributed by atoms with Crippen molar-refractivity contribution in [1.29, 1.82) is 0 Å². The lowest BCUT2D eigenvalue weighted by molar-refractivity contribution is -0.139. The van der Waals surface area contributed by atoms with Crippen LogP contribution in [0.15, 0.2) is 121 Å². The summed E-state index contributed by atoms with van der Waals surface area (Å²) < 4.78 is 80.5. The normalized spacial score (nSPS) is 13.6. The number of hydroxylamine groups is 2. The van der Waals surface area contributed by atoms with E-state index in [0.29, 0.717) is 64.5 Å². The standard InChI is InChI=1S/2C24H39N3O5.C16H27N3O7S2.C15H28N2O6.C9H13N/c2*1-17(16-18-12-9-8-10-13-18)26-20(28)19(27-22(30)32-24(5,6)7)14-11-15-25-21(29)31-23(2,3)4;1-13(12-14-8-5-4-6-9-14)18-16(20)15(19(21)27(2,22)23)10-7-11-17-26-28(3,24)25;1-14(2,3)22-12(20)16-9-7-8-10(11(18)19)17-13(21)23-15(4,5)6;1-8(10)7-9-5-3-2-4-6-9/h2*8-10,12-13,17,19H,11,14-16H2,1-7H3,(H,25,29)(H,26,28)(H,27,30);4-6,8-9,13,15,17,21H,7,10-12H2,1-3H3,(H,18,20);10H,7-9H2,1-6H3,(H,16,20)(H,17,21)(H,18,19);2-6,8H,7,10H2,1H3. The van der Waals surface area contributed by atoms with Gasteiger partial charge in [0, 0.05) is 50.3 Å². The van der Waals surface area contributed by atoms with E-state index in [9.17, 15) is 70.0 Å². The number of carboxylic acid groups (broad SMARTS) is 1.